The summed E-state index contributed by atoms with van der Waals surface area (Å²) in [6.07, 6.45) is 1.78. The third-order valence-electron chi connectivity index (χ3n) is 3.04. The molecule has 0 aromatic rings. The molecule has 1 amide bonds. The van der Waals surface area contributed by atoms with Crippen molar-refractivity contribution < 1.29 is 9.53 Å². The molecular formula is C10H17NO2. The maximum atomic E-state index is 11.7. The molecule has 74 valence electrons. The number of carbonyl (C=O) groups excluding carboxylic acids is 1. The van der Waals surface area contributed by atoms with E-state index in [1.165, 1.54) is 0 Å². The van der Waals surface area contributed by atoms with Gasteiger partial charge in [-0.05, 0) is 26.2 Å². The molecule has 0 radical (unpaired) electrons. The van der Waals surface area contributed by atoms with E-state index in [9.17, 15) is 4.79 Å². The number of piperidine rings is 1. The molecule has 2 atom stereocenters. The number of nitrogens with zero attached hydrogens (tertiary/aromatic N) is 1. The highest BCUT2D eigenvalue weighted by Crippen LogP contribution is 2.35. The number of carbonyl (C=O) groups is 1. The van der Waals surface area contributed by atoms with Gasteiger partial charge in [-0.1, -0.05) is 6.92 Å². The van der Waals surface area contributed by atoms with Gasteiger partial charge in [-0.2, -0.15) is 0 Å². The Morgan fingerprint density at radius 2 is 2.23 bits per heavy atom. The Morgan fingerprint density at radius 3 is 2.92 bits per heavy atom. The van der Waals surface area contributed by atoms with Crippen molar-refractivity contribution in [3.63, 3.8) is 0 Å². The summed E-state index contributed by atoms with van der Waals surface area (Å²) in [6, 6.07) is 0.325. The Kier molecular flexibility index (Phi) is 1.88. The van der Waals surface area contributed by atoms with Crippen LogP contribution < -0.4 is 0 Å². The second-order valence-electron chi connectivity index (χ2n) is 4.72. The summed E-state index contributed by atoms with van der Waals surface area (Å²) < 4.78 is 5.61. The minimum Gasteiger partial charge on any atom is -0.354 e. The first-order valence-corrected chi connectivity index (χ1v) is 4.97. The molecule has 0 saturated carbocycles. The summed E-state index contributed by atoms with van der Waals surface area (Å²) >= 11 is 0. The van der Waals surface area contributed by atoms with Gasteiger partial charge in [-0.25, -0.2) is 0 Å². The van der Waals surface area contributed by atoms with E-state index in [0.29, 0.717) is 25.0 Å². The summed E-state index contributed by atoms with van der Waals surface area (Å²) in [6.45, 7) is 6.80. The topological polar surface area (TPSA) is 29.5 Å². The fraction of sp³-hybridized carbons (Fsp3) is 0.900. The zero-order chi connectivity index (χ0) is 9.64. The van der Waals surface area contributed by atoms with Crippen LogP contribution in [-0.4, -0.2) is 29.2 Å². The van der Waals surface area contributed by atoms with Crippen molar-refractivity contribution in [2.75, 3.05) is 6.61 Å². The van der Waals surface area contributed by atoms with Gasteiger partial charge in [0.2, 0.25) is 5.91 Å². The molecule has 0 bridgehead atoms. The van der Waals surface area contributed by atoms with Crippen LogP contribution in [0.1, 0.15) is 33.6 Å². The summed E-state index contributed by atoms with van der Waals surface area (Å²) in [4.78, 5) is 13.7. The number of amides is 1. The molecule has 2 aliphatic rings. The molecule has 3 heteroatoms. The van der Waals surface area contributed by atoms with Gasteiger partial charge in [0.1, 0.15) is 5.72 Å². The maximum Gasteiger partial charge on any atom is 0.225 e. The van der Waals surface area contributed by atoms with Crippen molar-refractivity contribution in [1.82, 2.24) is 4.90 Å². The van der Waals surface area contributed by atoms with Gasteiger partial charge in [0.15, 0.2) is 0 Å². The van der Waals surface area contributed by atoms with Gasteiger partial charge in [0.05, 0.1) is 12.6 Å². The third-order valence-corrected chi connectivity index (χ3v) is 3.04. The average Bonchev–Trinajstić information content (AvgIpc) is 2.26. The van der Waals surface area contributed by atoms with Gasteiger partial charge < -0.3 is 9.64 Å². The van der Waals surface area contributed by atoms with Crippen LogP contribution in [0.4, 0.5) is 0 Å². The van der Waals surface area contributed by atoms with Crippen LogP contribution in [0.2, 0.25) is 0 Å². The number of hydrogen-bond donors (Lipinski definition) is 0. The lowest BCUT2D eigenvalue weighted by Crippen LogP contribution is -2.51. The number of rotatable bonds is 0. The Balaban J connectivity index is 2.21. The Bertz CT molecular complexity index is 237. The molecule has 13 heavy (non-hydrogen) atoms. The van der Waals surface area contributed by atoms with E-state index in [1.807, 2.05) is 18.7 Å². The lowest BCUT2D eigenvalue weighted by atomic mass is 9.92. The summed E-state index contributed by atoms with van der Waals surface area (Å²) in [5, 5.41) is 0. The monoisotopic (exact) mass is 183 g/mol. The Labute approximate surface area is 79.0 Å². The van der Waals surface area contributed by atoms with Crippen LogP contribution in [0.5, 0.6) is 0 Å². The van der Waals surface area contributed by atoms with E-state index in [0.717, 1.165) is 6.42 Å². The van der Waals surface area contributed by atoms with Gasteiger partial charge in [0, 0.05) is 6.42 Å². The van der Waals surface area contributed by atoms with Gasteiger partial charge in [-0.3, -0.25) is 4.79 Å². The number of ether oxygens (including phenoxy) is 1. The second-order valence-corrected chi connectivity index (χ2v) is 4.72. The standard InChI is InChI=1S/C10H17NO2/c1-7-4-8-6-13-10(2,3)11(8)9(12)5-7/h7-8H,4-6H2,1-3H3/t7-,8-/m0/s1. The van der Waals surface area contributed by atoms with E-state index < -0.39 is 0 Å². The maximum absolute atomic E-state index is 11.7. The predicted molar refractivity (Wildman–Crippen MR) is 49.1 cm³/mol. The average molecular weight is 183 g/mol. The Hall–Kier alpha value is -0.570. The van der Waals surface area contributed by atoms with Crippen molar-refractivity contribution in [2.24, 2.45) is 5.92 Å². The van der Waals surface area contributed by atoms with Gasteiger partial charge in [-0.15, -0.1) is 0 Å². The van der Waals surface area contributed by atoms with Crippen molar-refractivity contribution in [3.05, 3.63) is 0 Å². The van der Waals surface area contributed by atoms with Crippen molar-refractivity contribution in [3.8, 4) is 0 Å². The predicted octanol–water partition coefficient (Wildman–Crippen LogP) is 1.38. The molecule has 0 N–H and O–H groups in total. The minimum atomic E-state index is -0.373. The Morgan fingerprint density at radius 1 is 1.54 bits per heavy atom. The van der Waals surface area contributed by atoms with E-state index in [1.54, 1.807) is 0 Å². The van der Waals surface area contributed by atoms with Crippen molar-refractivity contribution >= 4 is 5.91 Å². The smallest absolute Gasteiger partial charge is 0.225 e. The van der Waals surface area contributed by atoms with Crippen LogP contribution >= 0.6 is 0 Å². The van der Waals surface area contributed by atoms with Crippen LogP contribution in [0, 0.1) is 5.92 Å². The minimum absolute atomic E-state index is 0.256. The van der Waals surface area contributed by atoms with Gasteiger partial charge >= 0.3 is 0 Å². The van der Waals surface area contributed by atoms with Crippen molar-refractivity contribution in [2.45, 2.75) is 45.4 Å². The van der Waals surface area contributed by atoms with E-state index in [4.69, 9.17) is 4.74 Å². The molecule has 2 fully saturated rings. The normalized spacial score (nSPS) is 37.8. The highest BCUT2D eigenvalue weighted by Gasteiger charge is 2.46. The van der Waals surface area contributed by atoms with Crippen LogP contribution in [0.15, 0.2) is 0 Å². The first-order valence-electron chi connectivity index (χ1n) is 4.97. The zero-order valence-electron chi connectivity index (χ0n) is 8.54. The fourth-order valence-corrected chi connectivity index (χ4v) is 2.51. The van der Waals surface area contributed by atoms with E-state index in [-0.39, 0.29) is 11.6 Å². The molecule has 2 rings (SSSR count). The number of hydrogen-bond acceptors (Lipinski definition) is 2. The molecule has 0 unspecified atom stereocenters. The summed E-state index contributed by atoms with van der Waals surface area (Å²) in [5.74, 6) is 0.775. The van der Waals surface area contributed by atoms with Crippen LogP contribution in [0.25, 0.3) is 0 Å². The van der Waals surface area contributed by atoms with E-state index >= 15 is 0 Å². The highest BCUT2D eigenvalue weighted by molar-refractivity contribution is 5.78. The quantitative estimate of drug-likeness (QED) is 0.568. The molecule has 3 nitrogen and oxygen atoms in total. The largest absolute Gasteiger partial charge is 0.354 e. The lowest BCUT2D eigenvalue weighted by Gasteiger charge is -2.38. The molecule has 2 aliphatic heterocycles. The molecule has 2 saturated heterocycles. The molecule has 0 aliphatic carbocycles. The second kappa shape index (κ2) is 2.71. The first-order chi connectivity index (χ1) is 6.00. The first kappa shape index (κ1) is 9.00. The fourth-order valence-electron chi connectivity index (χ4n) is 2.51. The van der Waals surface area contributed by atoms with Gasteiger partial charge in [0.25, 0.3) is 0 Å². The van der Waals surface area contributed by atoms with Crippen LogP contribution in [0.3, 0.4) is 0 Å². The summed E-state index contributed by atoms with van der Waals surface area (Å²) in [5.41, 5.74) is -0.373. The molecule has 0 aromatic carbocycles. The van der Waals surface area contributed by atoms with E-state index in [2.05, 4.69) is 6.92 Å². The molecule has 0 aromatic heterocycles. The zero-order valence-corrected chi connectivity index (χ0v) is 8.54. The molecule has 2 heterocycles. The SMILES string of the molecule is C[C@@H]1CC(=O)N2[C@H](COC2(C)C)C1. The molecular weight excluding hydrogens is 166 g/mol. The van der Waals surface area contributed by atoms with Crippen molar-refractivity contribution in [1.29, 1.82) is 0 Å². The van der Waals surface area contributed by atoms with Crippen LogP contribution in [-0.2, 0) is 9.53 Å². The molecule has 0 spiro atoms. The number of fused-ring (bicyclic) bond motifs is 1. The third kappa shape index (κ3) is 1.35. The lowest BCUT2D eigenvalue weighted by molar-refractivity contribution is -0.150. The summed E-state index contributed by atoms with van der Waals surface area (Å²) in [7, 11) is 0. The highest BCUT2D eigenvalue weighted by atomic mass is 16.5.